The fourth-order valence-electron chi connectivity index (χ4n) is 16.9. The number of halogens is 6. The molecule has 71 heteroatoms. The van der Waals surface area contributed by atoms with Crippen LogP contribution in [0.25, 0.3) is 55.6 Å². The highest BCUT2D eigenvalue weighted by molar-refractivity contribution is 8.44. The number of Topliss-reactive ketones (excluding diaryl/α,β-unsaturated/α-hetero) is 1. The quantitative estimate of drug-likeness (QED) is 0.0642. The van der Waals surface area contributed by atoms with Crippen LogP contribution in [0.2, 0.25) is 0 Å². The molecule has 21 heterocycles. The number of anilines is 3. The number of aliphatic hydroxyl groups excluding tert-OH is 3. The number of nitrogens with zero attached hydrogens (tertiary/aromatic N) is 19. The van der Waals surface area contributed by atoms with Crippen LogP contribution in [-0.2, 0) is 140 Å². The van der Waals surface area contributed by atoms with Gasteiger partial charge in [-0.15, -0.1) is 0 Å². The number of H-pyrrole nitrogens is 1. The smallest absolute Gasteiger partial charge is 0.386 e. The molecule has 9 fully saturated rings. The Labute approximate surface area is 790 Å². The fraction of sp³-hybridized carbons (Fsp3) is 0.515. The van der Waals surface area contributed by atoms with E-state index in [1.54, 1.807) is 0 Å². The number of aromatic nitrogens is 19. The minimum Gasteiger partial charge on any atom is -0.387 e. The number of carbonyl (C=O) groups excluding carboxylic acids is 1. The Morgan fingerprint density at radius 2 is 0.842 bits per heavy atom. The van der Waals surface area contributed by atoms with Gasteiger partial charge >= 0.3 is 35.4 Å². The highest BCUT2D eigenvalue weighted by Crippen LogP contribution is 2.61. The number of hydrogen-bond acceptors (Lipinski definition) is 45. The summed E-state index contributed by atoms with van der Waals surface area (Å²) in [6.45, 7) is -20.5. The van der Waals surface area contributed by atoms with E-state index in [0.29, 0.717) is 0 Å². The van der Waals surface area contributed by atoms with Crippen molar-refractivity contribution in [2.75, 3.05) is 75.9 Å². The van der Waals surface area contributed by atoms with Gasteiger partial charge in [0, 0.05) is 38.3 Å². The van der Waals surface area contributed by atoms with Crippen LogP contribution in [0, 0.1) is 17.5 Å². The van der Waals surface area contributed by atoms with Gasteiger partial charge in [-0.3, -0.25) is 64.4 Å². The normalized spacial score (nSPS) is 37.6. The predicted molar refractivity (Wildman–Crippen MR) is 467 cm³/mol. The van der Waals surface area contributed by atoms with E-state index in [1.807, 2.05) is 0 Å². The number of imidazole rings is 3. The van der Waals surface area contributed by atoms with Gasteiger partial charge in [-0.1, -0.05) is 12.2 Å². The molecule has 0 amide bonds. The second-order valence-electron chi connectivity index (χ2n) is 32.1. The molecule has 30 atom stereocenters. The average Bonchev–Trinajstić information content (AvgIpc) is 1.61. The van der Waals surface area contributed by atoms with Crippen molar-refractivity contribution in [2.45, 2.75) is 154 Å². The van der Waals surface area contributed by atoms with E-state index in [1.165, 1.54) is 52.3 Å². The van der Waals surface area contributed by atoms with Gasteiger partial charge in [-0.05, 0) is 35.4 Å². The van der Waals surface area contributed by atoms with Crippen LogP contribution in [0.5, 0.6) is 0 Å². The molecule has 15 N–H and O–H groups in total. The summed E-state index contributed by atoms with van der Waals surface area (Å²) >= 11 is 19.6. The van der Waals surface area contributed by atoms with Crippen LogP contribution in [0.4, 0.5) is 49.6 Å². The lowest BCUT2D eigenvalue weighted by molar-refractivity contribution is -0.0598. The van der Waals surface area contributed by atoms with Crippen LogP contribution in [0.1, 0.15) is 54.1 Å². The van der Waals surface area contributed by atoms with Crippen molar-refractivity contribution in [1.29, 1.82) is 0 Å². The lowest BCUT2D eigenvalue weighted by atomic mass is 10.1. The van der Waals surface area contributed by atoms with E-state index in [0.717, 1.165) is 62.2 Å². The van der Waals surface area contributed by atoms with Gasteiger partial charge in [-0.25, -0.2) is 90.7 Å². The molecule has 55 nitrogen and oxygen atoms in total. The molecule has 10 aliphatic heterocycles. The molecule has 750 valence electrons. The number of aromatic amines is 1. The van der Waals surface area contributed by atoms with Crippen LogP contribution in [-0.4, -0.2) is 312 Å². The van der Waals surface area contributed by atoms with E-state index in [9.17, 15) is 81.0 Å². The molecule has 10 aliphatic rings. The molecule has 6 bridgehead atoms. The van der Waals surface area contributed by atoms with Crippen molar-refractivity contribution in [2.24, 2.45) is 12.0 Å². The number of aliphatic imine (C=N–C) groups is 1. The number of fused-ring (bicyclic) bond motifs is 15. The lowest BCUT2D eigenvalue weighted by Crippen LogP contribution is -2.37. The summed E-state index contributed by atoms with van der Waals surface area (Å²) < 4.78 is 241. The minimum absolute atomic E-state index is 0.0336. The number of ketones is 1. The Hall–Kier alpha value is -7.96. The Morgan fingerprint density at radius 3 is 1.30 bits per heavy atom. The van der Waals surface area contributed by atoms with Crippen LogP contribution < -0.4 is 28.3 Å². The Bertz CT molecular complexity index is 7110. The number of nitrogens with two attached hydrogens (primary N) is 3. The van der Waals surface area contributed by atoms with E-state index in [4.69, 9.17) is 136 Å². The van der Waals surface area contributed by atoms with E-state index < -0.39 is 288 Å². The molecule has 6 unspecified atom stereocenters. The molecule has 11 aromatic rings. The van der Waals surface area contributed by atoms with Gasteiger partial charge in [-0.2, -0.15) is 0 Å². The summed E-state index contributed by atoms with van der Waals surface area (Å²) in [5, 5.41) is 32.6. The maximum Gasteiger partial charge on any atom is 0.386 e. The number of nitrogens with one attached hydrogen (secondary N) is 1. The number of hydrogen-bond donors (Lipinski definition) is 13. The molecule has 0 aliphatic carbocycles. The van der Waals surface area contributed by atoms with E-state index in [2.05, 4.69) is 77.0 Å². The number of aryl methyl sites for hydroxylation is 1. The van der Waals surface area contributed by atoms with Gasteiger partial charge in [0.25, 0.3) is 11.1 Å². The summed E-state index contributed by atoms with van der Waals surface area (Å²) in [7, 11) is -8.12. The van der Waals surface area contributed by atoms with E-state index in [-0.39, 0.29) is 85.4 Å². The van der Waals surface area contributed by atoms with Crippen molar-refractivity contribution in [3.63, 3.8) is 0 Å². The van der Waals surface area contributed by atoms with Gasteiger partial charge in [0.2, 0.25) is 6.49 Å². The summed E-state index contributed by atoms with van der Waals surface area (Å²) in [6, 6.07) is 0. The number of carbonyl (C=O) groups is 1. The Balaban J connectivity index is 0.000000133. The monoisotopic (exact) mass is 2150 g/mol. The Morgan fingerprint density at radius 1 is 0.446 bits per heavy atom. The molecule has 21 rings (SSSR count). The summed E-state index contributed by atoms with van der Waals surface area (Å²) in [6.07, 6.45) is -27.2. The number of aliphatic hydroxyl groups is 3. The maximum atomic E-state index is 16.1. The largest absolute Gasteiger partial charge is 0.387 e. The highest BCUT2D eigenvalue weighted by atomic mass is 32.7. The molecular formula is C68H75F6N23O32P6S4. The lowest BCUT2D eigenvalue weighted by Gasteiger charge is -2.28. The first-order valence-corrected chi connectivity index (χ1v) is 55.0. The van der Waals surface area contributed by atoms with E-state index >= 15 is 13.2 Å². The maximum absolute atomic E-state index is 16.1. The third kappa shape index (κ3) is 19.5. The van der Waals surface area contributed by atoms with Crippen LogP contribution in [0.15, 0.2) is 83.8 Å². The predicted octanol–water partition coefficient (Wildman–Crippen LogP) is 1.87. The third-order valence-electron chi connectivity index (χ3n) is 23.1. The first kappa shape index (κ1) is 99.8. The minimum atomic E-state index is -4.75. The Kier molecular flexibility index (Phi) is 27.7. The van der Waals surface area contributed by atoms with Crippen molar-refractivity contribution >= 4 is 180 Å². The molecule has 9 saturated heterocycles. The van der Waals surface area contributed by atoms with Crippen molar-refractivity contribution in [3.05, 3.63) is 113 Å². The average molecular weight is 2150 g/mol. The SMILES string of the molecule is Cn1cnc2c(c(F)cn2[C@@H]2O[C@@H]3COP(O)(=S)O[C@H]4[C@@H](F)[C@H](n5cnc6c(N)ncnc65)O[C@@H]4COCP(=O)(O)O[C@@H]2[C@@H]3O)c1=O.Nc1ncnc2c1ncn2[C@@H]1O[C@@H]2COCP(=O)(O)O[C@@H]3[C@H](O)[C@@H](COP(=O)(S)O[C@H]2[C@H]1F)O[C@H]3n1cc(F)c2c1N=CCC2=O.Nc1ncnc2c1ncn2[C@@H]1O[C@@H]2COCP(O)(=S)O[C@@H]3[C@H](O)[C@@H](COP(O)(=S)O[C@H]2[C@H]1F)O[C@H]3n1cc(F)c2c(=O)[nH]cnc21. The number of nitrogen functional groups attached to an aromatic ring is 3. The summed E-state index contributed by atoms with van der Waals surface area (Å²) in [5.74, 6) is -3.46. The van der Waals surface area contributed by atoms with Crippen molar-refractivity contribution in [3.8, 4) is 0 Å². The molecular weight excluding hydrogens is 2080 g/mol. The second-order valence-corrected chi connectivity index (χ2v) is 47.5. The molecule has 0 aromatic carbocycles. The standard InChI is InChI=1S/C23H26F2N8O11P2S.C23H25F2N7O11P2S.C22H24F2N8O10P2S2/c1-31-6-30-19-12(21(31)35)9(24)2-32(19)23-17-15(34)10(41-23)4-40-46(38,47)44-16-11(3-39-8-45(36,37)43-17)42-22(13(16)25)33-7-29-14-18(26)27-5-28-20(14)33;24-9-3-31(20-13(9)10(33)1-2-27-20)23-18-16(34)11(40-23)5-39-45(37,46)43-17-12(4-38-8-44(35,36)42-18)41-22(14(17)25)32-7-30-15-19(26)28-6-29-21(15)32;23-8-1-31(18-11(8)20(34)29-5-27-18)22-16-14(33)9(39-22)3-38-44(36,46)42-15-10(2-37-7-43(35,45)41-16)40-21(12(15)24)32-6-30-13-17(25)26-4-28-19(13)32/h2,5-7,10-11,13,15-17,22-23,34H,3-4,8H2,1H3,(H,36,37)(H,38,47)(H2,26,27,28);2-3,6-7,11-12,14,16-18,22-23,34H,1,4-5,8H2,(H,35,36)(H,37,46)(H2,26,28,29);1,4-6,9-10,12,14-16,21-22,33H,2-3,7H2,(H,35,45)(H,36,46)(H2,25,26,28)(H,27,29,34)/t10-,11-,13-,15-,16-,17-,22-,23-,46?;11-,12-,14-,16-,17-,18-,22-,23-,45?;9-,10-,12-,14-,15-,16-,21-,22-,43?,44?/m111/s1. The number of ether oxygens (including phenoxy) is 9. The van der Waals surface area contributed by atoms with Gasteiger partial charge in [0.1, 0.15) is 163 Å². The van der Waals surface area contributed by atoms with Gasteiger partial charge in [0.05, 0.1) is 76.8 Å². The third-order valence-corrected chi connectivity index (χ3v) is 31.7. The topological polar surface area (TPSA) is 713 Å². The molecule has 11 aromatic heterocycles. The number of alkyl halides is 3. The first-order chi connectivity index (χ1) is 65.9. The molecule has 0 radical (unpaired) electrons. The zero-order valence-corrected chi connectivity index (χ0v) is 78.8. The van der Waals surface area contributed by atoms with Crippen molar-refractivity contribution in [1.82, 2.24) is 91.8 Å². The zero-order chi connectivity index (χ0) is 98.5. The van der Waals surface area contributed by atoms with Crippen LogP contribution >= 0.6 is 54.2 Å². The van der Waals surface area contributed by atoms with Gasteiger partial charge in [0.15, 0.2) is 125 Å². The zero-order valence-electron chi connectivity index (χ0n) is 70.1. The molecule has 139 heavy (non-hydrogen) atoms. The number of thiol groups is 1. The fourth-order valence-corrected chi connectivity index (χ4v) is 24.8. The van der Waals surface area contributed by atoms with Crippen LogP contribution in [0.3, 0.4) is 0 Å². The molecule has 0 saturated carbocycles. The first-order valence-electron chi connectivity index (χ1n) is 40.7. The van der Waals surface area contributed by atoms with Gasteiger partial charge < -0.3 is 136 Å². The summed E-state index contributed by atoms with van der Waals surface area (Å²) in [5.41, 5.74) is 16.3. The summed E-state index contributed by atoms with van der Waals surface area (Å²) in [4.78, 5) is 142. The van der Waals surface area contributed by atoms with Crippen molar-refractivity contribution < 1.29 is 168 Å². The molecule has 0 spiro atoms. The highest BCUT2D eigenvalue weighted by Gasteiger charge is 2.59. The second kappa shape index (κ2) is 38.5. The number of rotatable bonds is 6.